The SMILES string of the molecule is O=C(O)C(O)C(O)c1ccc(Cl)nn1. The van der Waals surface area contributed by atoms with Crippen LogP contribution >= 0.6 is 11.6 Å². The van der Waals surface area contributed by atoms with Crippen LogP contribution in [0.15, 0.2) is 12.1 Å². The molecular formula is C7H7ClN2O4. The molecule has 0 fully saturated rings. The quantitative estimate of drug-likeness (QED) is 0.638. The Hall–Kier alpha value is -1.24. The van der Waals surface area contributed by atoms with Crippen molar-refractivity contribution in [1.82, 2.24) is 10.2 Å². The Morgan fingerprint density at radius 3 is 2.43 bits per heavy atom. The molecule has 7 heteroatoms. The lowest BCUT2D eigenvalue weighted by atomic mass is 10.1. The van der Waals surface area contributed by atoms with Gasteiger partial charge in [0.2, 0.25) is 0 Å². The number of aromatic nitrogens is 2. The molecule has 1 rings (SSSR count). The minimum atomic E-state index is -1.93. The van der Waals surface area contributed by atoms with Crippen LogP contribution in [0.25, 0.3) is 0 Å². The van der Waals surface area contributed by atoms with Crippen molar-refractivity contribution >= 4 is 17.6 Å². The standard InChI is InChI=1S/C7H7ClN2O4/c8-4-2-1-3(9-10-4)5(11)6(12)7(13)14/h1-2,5-6,11-12H,(H,13,14). The summed E-state index contributed by atoms with van der Waals surface area (Å²) in [6.45, 7) is 0. The number of halogens is 1. The molecule has 6 nitrogen and oxygen atoms in total. The van der Waals surface area contributed by atoms with Crippen molar-refractivity contribution in [3.8, 4) is 0 Å². The van der Waals surface area contributed by atoms with Crippen molar-refractivity contribution in [2.75, 3.05) is 0 Å². The Morgan fingerprint density at radius 1 is 1.36 bits per heavy atom. The fraction of sp³-hybridized carbons (Fsp3) is 0.286. The van der Waals surface area contributed by atoms with Crippen LogP contribution in [-0.4, -0.2) is 37.6 Å². The van der Waals surface area contributed by atoms with Gasteiger partial charge in [0.15, 0.2) is 11.3 Å². The lowest BCUT2D eigenvalue weighted by molar-refractivity contribution is -0.153. The maximum atomic E-state index is 10.3. The van der Waals surface area contributed by atoms with E-state index in [4.69, 9.17) is 21.8 Å². The monoisotopic (exact) mass is 218 g/mol. The van der Waals surface area contributed by atoms with Gasteiger partial charge in [-0.3, -0.25) is 0 Å². The van der Waals surface area contributed by atoms with Crippen LogP contribution in [0.2, 0.25) is 5.15 Å². The average Bonchev–Trinajstić information content (AvgIpc) is 2.16. The largest absolute Gasteiger partial charge is 0.479 e. The number of hydrogen-bond donors (Lipinski definition) is 3. The first-order valence-electron chi connectivity index (χ1n) is 3.60. The molecule has 0 aromatic carbocycles. The molecule has 0 amide bonds. The fourth-order valence-electron chi connectivity index (χ4n) is 0.781. The summed E-state index contributed by atoms with van der Waals surface area (Å²) >= 11 is 5.42. The molecule has 0 saturated heterocycles. The predicted molar refractivity (Wildman–Crippen MR) is 45.6 cm³/mol. The summed E-state index contributed by atoms with van der Waals surface area (Å²) in [7, 11) is 0. The number of aliphatic hydroxyl groups is 2. The van der Waals surface area contributed by atoms with Crippen molar-refractivity contribution in [2.24, 2.45) is 0 Å². The third-order valence-corrected chi connectivity index (χ3v) is 1.71. The number of carboxylic acid groups (broad SMARTS) is 1. The highest BCUT2D eigenvalue weighted by Crippen LogP contribution is 2.14. The Labute approximate surface area is 83.8 Å². The molecule has 1 aromatic rings. The molecule has 0 aliphatic carbocycles. The average molecular weight is 219 g/mol. The smallest absolute Gasteiger partial charge is 0.335 e. The highest BCUT2D eigenvalue weighted by molar-refractivity contribution is 6.29. The second kappa shape index (κ2) is 4.32. The van der Waals surface area contributed by atoms with Gasteiger partial charge in [-0.05, 0) is 12.1 Å². The zero-order valence-corrected chi connectivity index (χ0v) is 7.59. The number of aliphatic carboxylic acids is 1. The van der Waals surface area contributed by atoms with Gasteiger partial charge in [-0.2, -0.15) is 5.10 Å². The van der Waals surface area contributed by atoms with Crippen molar-refractivity contribution in [1.29, 1.82) is 0 Å². The number of carbonyl (C=O) groups is 1. The van der Waals surface area contributed by atoms with Crippen molar-refractivity contribution < 1.29 is 20.1 Å². The van der Waals surface area contributed by atoms with Gasteiger partial charge in [0, 0.05) is 0 Å². The Bertz CT molecular complexity index is 329. The number of nitrogens with zero attached hydrogens (tertiary/aromatic N) is 2. The second-order valence-electron chi connectivity index (χ2n) is 2.51. The zero-order valence-electron chi connectivity index (χ0n) is 6.83. The zero-order chi connectivity index (χ0) is 10.7. The first kappa shape index (κ1) is 10.8. The summed E-state index contributed by atoms with van der Waals surface area (Å²) in [6, 6.07) is 2.62. The molecular weight excluding hydrogens is 212 g/mol. The van der Waals surface area contributed by atoms with Crippen LogP contribution in [-0.2, 0) is 4.79 Å². The number of carboxylic acids is 1. The van der Waals surface area contributed by atoms with E-state index in [2.05, 4.69) is 10.2 Å². The van der Waals surface area contributed by atoms with Crippen LogP contribution in [0.5, 0.6) is 0 Å². The van der Waals surface area contributed by atoms with Crippen LogP contribution in [0.3, 0.4) is 0 Å². The topological polar surface area (TPSA) is 104 Å². The normalized spacial score (nSPS) is 14.8. The molecule has 76 valence electrons. The van der Waals surface area contributed by atoms with Crippen molar-refractivity contribution in [3.05, 3.63) is 23.0 Å². The molecule has 0 bridgehead atoms. The van der Waals surface area contributed by atoms with Crippen molar-refractivity contribution in [2.45, 2.75) is 12.2 Å². The maximum absolute atomic E-state index is 10.3. The first-order valence-corrected chi connectivity index (χ1v) is 3.98. The predicted octanol–water partition coefficient (Wildman–Crippen LogP) is -0.391. The lowest BCUT2D eigenvalue weighted by Gasteiger charge is -2.12. The summed E-state index contributed by atoms with van der Waals surface area (Å²) in [6.07, 6.45) is -3.54. The van der Waals surface area contributed by atoms with E-state index in [0.717, 1.165) is 0 Å². The molecule has 0 spiro atoms. The molecule has 2 unspecified atom stereocenters. The van der Waals surface area contributed by atoms with E-state index >= 15 is 0 Å². The summed E-state index contributed by atoms with van der Waals surface area (Å²) < 4.78 is 0. The van der Waals surface area contributed by atoms with Gasteiger partial charge in [0.25, 0.3) is 0 Å². The number of hydrogen-bond acceptors (Lipinski definition) is 5. The minimum Gasteiger partial charge on any atom is -0.479 e. The second-order valence-corrected chi connectivity index (χ2v) is 2.90. The van der Waals surface area contributed by atoms with Crippen LogP contribution in [0, 0.1) is 0 Å². The van der Waals surface area contributed by atoms with E-state index < -0.39 is 18.2 Å². The van der Waals surface area contributed by atoms with Gasteiger partial charge in [0.1, 0.15) is 6.10 Å². The van der Waals surface area contributed by atoms with Crippen LogP contribution in [0.4, 0.5) is 0 Å². The Balaban J connectivity index is 2.84. The third kappa shape index (κ3) is 2.38. The molecule has 2 atom stereocenters. The van der Waals surface area contributed by atoms with Gasteiger partial charge >= 0.3 is 5.97 Å². The molecule has 0 aliphatic rings. The molecule has 3 N–H and O–H groups in total. The Morgan fingerprint density at radius 2 is 2.00 bits per heavy atom. The maximum Gasteiger partial charge on any atom is 0.335 e. The number of rotatable bonds is 3. The van der Waals surface area contributed by atoms with Gasteiger partial charge in [0.05, 0.1) is 5.69 Å². The Kier molecular flexibility index (Phi) is 3.34. The molecule has 0 aliphatic heterocycles. The third-order valence-electron chi connectivity index (χ3n) is 1.51. The fourth-order valence-corrected chi connectivity index (χ4v) is 0.882. The van der Waals surface area contributed by atoms with E-state index in [1.807, 2.05) is 0 Å². The van der Waals surface area contributed by atoms with Gasteiger partial charge < -0.3 is 15.3 Å². The van der Waals surface area contributed by atoms with E-state index in [-0.39, 0.29) is 10.8 Å². The molecule has 0 saturated carbocycles. The van der Waals surface area contributed by atoms with E-state index in [9.17, 15) is 9.90 Å². The highest BCUT2D eigenvalue weighted by atomic mass is 35.5. The summed E-state index contributed by atoms with van der Waals surface area (Å²) in [5, 5.41) is 33.6. The highest BCUT2D eigenvalue weighted by Gasteiger charge is 2.26. The van der Waals surface area contributed by atoms with E-state index in [0.29, 0.717) is 0 Å². The van der Waals surface area contributed by atoms with Crippen LogP contribution in [0.1, 0.15) is 11.8 Å². The molecule has 1 aromatic heterocycles. The van der Waals surface area contributed by atoms with E-state index in [1.54, 1.807) is 0 Å². The van der Waals surface area contributed by atoms with Gasteiger partial charge in [-0.1, -0.05) is 11.6 Å². The summed E-state index contributed by atoms with van der Waals surface area (Å²) in [4.78, 5) is 10.3. The first-order chi connectivity index (χ1) is 6.52. The van der Waals surface area contributed by atoms with Crippen LogP contribution < -0.4 is 0 Å². The summed E-state index contributed by atoms with van der Waals surface area (Å²) in [5.74, 6) is -1.53. The minimum absolute atomic E-state index is 0.0516. The summed E-state index contributed by atoms with van der Waals surface area (Å²) in [5.41, 5.74) is -0.0516. The molecule has 0 radical (unpaired) electrons. The lowest BCUT2D eigenvalue weighted by Crippen LogP contribution is -2.28. The van der Waals surface area contributed by atoms with E-state index in [1.165, 1.54) is 12.1 Å². The van der Waals surface area contributed by atoms with Crippen molar-refractivity contribution in [3.63, 3.8) is 0 Å². The van der Waals surface area contributed by atoms with Gasteiger partial charge in [-0.15, -0.1) is 5.10 Å². The van der Waals surface area contributed by atoms with Gasteiger partial charge in [-0.25, -0.2) is 4.79 Å². The number of aliphatic hydroxyl groups excluding tert-OH is 2. The molecule has 14 heavy (non-hydrogen) atoms. The molecule has 1 heterocycles.